The fourth-order valence-electron chi connectivity index (χ4n) is 2.17. The number of rotatable bonds is 5. The molecule has 5 heteroatoms. The summed E-state index contributed by atoms with van der Waals surface area (Å²) >= 11 is 0. The Kier molecular flexibility index (Phi) is 5.68. The third kappa shape index (κ3) is 4.65. The van der Waals surface area contributed by atoms with Gasteiger partial charge in [-0.05, 0) is 49.6 Å². The van der Waals surface area contributed by atoms with Crippen molar-refractivity contribution in [3.8, 4) is 0 Å². The average Bonchev–Trinajstić information content (AvgIpc) is 2.54. The molecule has 0 bridgehead atoms. The highest BCUT2D eigenvalue weighted by Crippen LogP contribution is 2.17. The fourth-order valence-corrected chi connectivity index (χ4v) is 2.17. The second-order valence-electron chi connectivity index (χ2n) is 6.27. The van der Waals surface area contributed by atoms with E-state index in [0.717, 1.165) is 0 Å². The van der Waals surface area contributed by atoms with Crippen LogP contribution in [0, 0.1) is 0 Å². The van der Waals surface area contributed by atoms with Gasteiger partial charge in [0.15, 0.2) is 0 Å². The molecule has 0 unspecified atom stereocenters. The number of carbonyl (C=O) groups is 2. The number of nitrogens with zero attached hydrogens (tertiary/aromatic N) is 1. The van der Waals surface area contributed by atoms with Crippen LogP contribution in [0.1, 0.15) is 60.2 Å². The molecule has 2 aromatic rings. The monoisotopic (exact) mass is 325 g/mol. The summed E-state index contributed by atoms with van der Waals surface area (Å²) in [7, 11) is 0. The van der Waals surface area contributed by atoms with E-state index in [1.165, 1.54) is 5.56 Å². The maximum Gasteiger partial charge on any atom is 0.274 e. The SMILES string of the molecule is CC(C)NC(=O)c1cccc(C(=O)Nc2ccc(C(C)C)cc2)n1. The first-order chi connectivity index (χ1) is 11.4. The Balaban J connectivity index is 2.11. The van der Waals surface area contributed by atoms with Crippen LogP contribution >= 0.6 is 0 Å². The normalized spacial score (nSPS) is 10.8. The molecule has 1 aromatic carbocycles. The van der Waals surface area contributed by atoms with Crippen molar-refractivity contribution >= 4 is 17.5 Å². The van der Waals surface area contributed by atoms with Crippen LogP contribution in [0.3, 0.4) is 0 Å². The second-order valence-corrected chi connectivity index (χ2v) is 6.27. The Morgan fingerprint density at radius 1 is 0.875 bits per heavy atom. The van der Waals surface area contributed by atoms with E-state index in [1.807, 2.05) is 38.1 Å². The van der Waals surface area contributed by atoms with E-state index < -0.39 is 0 Å². The van der Waals surface area contributed by atoms with Crippen molar-refractivity contribution in [3.05, 3.63) is 59.4 Å². The zero-order chi connectivity index (χ0) is 17.7. The zero-order valence-electron chi connectivity index (χ0n) is 14.5. The summed E-state index contributed by atoms with van der Waals surface area (Å²) < 4.78 is 0. The van der Waals surface area contributed by atoms with Crippen LogP contribution in [-0.4, -0.2) is 22.8 Å². The minimum absolute atomic E-state index is 0.0104. The maximum atomic E-state index is 12.3. The van der Waals surface area contributed by atoms with Crippen molar-refractivity contribution < 1.29 is 9.59 Å². The lowest BCUT2D eigenvalue weighted by Crippen LogP contribution is -2.31. The zero-order valence-corrected chi connectivity index (χ0v) is 14.5. The van der Waals surface area contributed by atoms with Crippen molar-refractivity contribution in [1.82, 2.24) is 10.3 Å². The first-order valence-corrected chi connectivity index (χ1v) is 8.06. The smallest absolute Gasteiger partial charge is 0.274 e. The topological polar surface area (TPSA) is 71.1 Å². The van der Waals surface area contributed by atoms with Gasteiger partial charge in [0, 0.05) is 11.7 Å². The summed E-state index contributed by atoms with van der Waals surface area (Å²) in [6.07, 6.45) is 0. The predicted molar refractivity (Wildman–Crippen MR) is 95.3 cm³/mol. The molecule has 0 aliphatic carbocycles. The van der Waals surface area contributed by atoms with Crippen LogP contribution in [-0.2, 0) is 0 Å². The van der Waals surface area contributed by atoms with Gasteiger partial charge >= 0.3 is 0 Å². The van der Waals surface area contributed by atoms with Gasteiger partial charge < -0.3 is 10.6 Å². The van der Waals surface area contributed by atoms with Gasteiger partial charge in [-0.25, -0.2) is 4.98 Å². The summed E-state index contributed by atoms with van der Waals surface area (Å²) in [5, 5.41) is 5.56. The third-order valence-electron chi connectivity index (χ3n) is 3.47. The lowest BCUT2D eigenvalue weighted by Gasteiger charge is -2.10. The Morgan fingerprint density at radius 3 is 2.00 bits per heavy atom. The van der Waals surface area contributed by atoms with E-state index >= 15 is 0 Å². The summed E-state index contributed by atoms with van der Waals surface area (Å²) in [6, 6.07) is 12.5. The van der Waals surface area contributed by atoms with E-state index in [2.05, 4.69) is 29.5 Å². The highest BCUT2D eigenvalue weighted by atomic mass is 16.2. The Morgan fingerprint density at radius 2 is 1.46 bits per heavy atom. The van der Waals surface area contributed by atoms with Crippen molar-refractivity contribution in [1.29, 1.82) is 0 Å². The number of nitrogens with one attached hydrogen (secondary N) is 2. The highest BCUT2D eigenvalue weighted by Gasteiger charge is 2.13. The van der Waals surface area contributed by atoms with Gasteiger partial charge in [0.25, 0.3) is 11.8 Å². The van der Waals surface area contributed by atoms with E-state index in [9.17, 15) is 9.59 Å². The second kappa shape index (κ2) is 7.73. The Hall–Kier alpha value is -2.69. The molecule has 1 aromatic heterocycles. The van der Waals surface area contributed by atoms with Crippen LogP contribution in [0.5, 0.6) is 0 Å². The number of aromatic nitrogens is 1. The first-order valence-electron chi connectivity index (χ1n) is 8.06. The summed E-state index contributed by atoms with van der Waals surface area (Å²) in [5.74, 6) is -0.194. The highest BCUT2D eigenvalue weighted by molar-refractivity contribution is 6.03. The minimum atomic E-state index is -0.341. The van der Waals surface area contributed by atoms with Gasteiger partial charge in [0.2, 0.25) is 0 Å². The molecule has 1 heterocycles. The van der Waals surface area contributed by atoms with E-state index in [1.54, 1.807) is 18.2 Å². The standard InChI is InChI=1S/C19H23N3O2/c1-12(2)14-8-10-15(11-9-14)21-19(24)17-7-5-6-16(22-17)18(23)20-13(3)4/h5-13H,1-4H3,(H,20,23)(H,21,24). The van der Waals surface area contributed by atoms with Crippen molar-refractivity contribution in [3.63, 3.8) is 0 Å². The van der Waals surface area contributed by atoms with Gasteiger partial charge in [0.05, 0.1) is 0 Å². The molecule has 2 amide bonds. The van der Waals surface area contributed by atoms with Gasteiger partial charge in [-0.2, -0.15) is 0 Å². The molecule has 0 radical (unpaired) electrons. The maximum absolute atomic E-state index is 12.3. The van der Waals surface area contributed by atoms with Crippen molar-refractivity contribution in [2.24, 2.45) is 0 Å². The van der Waals surface area contributed by atoms with Gasteiger partial charge in [-0.1, -0.05) is 32.0 Å². The molecule has 0 fully saturated rings. The largest absolute Gasteiger partial charge is 0.349 e. The summed E-state index contributed by atoms with van der Waals surface area (Å²) in [5.41, 5.74) is 2.34. The number of hydrogen-bond acceptors (Lipinski definition) is 3. The summed E-state index contributed by atoms with van der Waals surface area (Å²) in [4.78, 5) is 28.5. The molecule has 126 valence electrons. The molecule has 0 saturated carbocycles. The van der Waals surface area contributed by atoms with Gasteiger partial charge in [0.1, 0.15) is 11.4 Å². The molecule has 0 aliphatic rings. The van der Waals surface area contributed by atoms with Crippen LogP contribution in [0.15, 0.2) is 42.5 Å². The average molecular weight is 325 g/mol. The Bertz CT molecular complexity index is 722. The van der Waals surface area contributed by atoms with Gasteiger partial charge in [-0.15, -0.1) is 0 Å². The third-order valence-corrected chi connectivity index (χ3v) is 3.47. The number of hydrogen-bond donors (Lipinski definition) is 2. The van der Waals surface area contributed by atoms with Crippen LogP contribution in [0.2, 0.25) is 0 Å². The number of carbonyl (C=O) groups excluding carboxylic acids is 2. The summed E-state index contributed by atoms with van der Waals surface area (Å²) in [6.45, 7) is 7.97. The fraction of sp³-hybridized carbons (Fsp3) is 0.316. The van der Waals surface area contributed by atoms with Crippen LogP contribution in [0.25, 0.3) is 0 Å². The molecule has 0 spiro atoms. The van der Waals surface area contributed by atoms with Crippen LogP contribution in [0.4, 0.5) is 5.69 Å². The number of pyridine rings is 1. The van der Waals surface area contributed by atoms with Crippen molar-refractivity contribution in [2.45, 2.75) is 39.7 Å². The quantitative estimate of drug-likeness (QED) is 0.882. The lowest BCUT2D eigenvalue weighted by molar-refractivity contribution is 0.0938. The molecular formula is C19H23N3O2. The molecule has 2 rings (SSSR count). The van der Waals surface area contributed by atoms with E-state index in [-0.39, 0.29) is 29.2 Å². The molecular weight excluding hydrogens is 302 g/mol. The van der Waals surface area contributed by atoms with E-state index in [4.69, 9.17) is 0 Å². The predicted octanol–water partition coefficient (Wildman–Crippen LogP) is 3.60. The number of amides is 2. The Labute approximate surface area is 142 Å². The lowest BCUT2D eigenvalue weighted by atomic mass is 10.0. The number of anilines is 1. The molecule has 0 aliphatic heterocycles. The van der Waals surface area contributed by atoms with Crippen LogP contribution < -0.4 is 10.6 Å². The van der Waals surface area contributed by atoms with Gasteiger partial charge in [-0.3, -0.25) is 9.59 Å². The molecule has 2 N–H and O–H groups in total. The molecule has 5 nitrogen and oxygen atoms in total. The van der Waals surface area contributed by atoms with Crippen molar-refractivity contribution in [2.75, 3.05) is 5.32 Å². The molecule has 0 saturated heterocycles. The molecule has 24 heavy (non-hydrogen) atoms. The van der Waals surface area contributed by atoms with E-state index in [0.29, 0.717) is 11.6 Å². The number of benzene rings is 1. The molecule has 0 atom stereocenters. The minimum Gasteiger partial charge on any atom is -0.349 e. The first kappa shape index (κ1) is 17.7.